The van der Waals surface area contributed by atoms with Gasteiger partial charge in [-0.25, -0.2) is 13.2 Å². The zero-order valence-corrected chi connectivity index (χ0v) is 12.5. The van der Waals surface area contributed by atoms with Crippen LogP contribution in [-0.4, -0.2) is 62.2 Å². The molecule has 2 aliphatic rings. The summed E-state index contributed by atoms with van der Waals surface area (Å²) in [6.07, 6.45) is -0.427. The van der Waals surface area contributed by atoms with Crippen molar-refractivity contribution >= 4 is 15.9 Å². The van der Waals surface area contributed by atoms with Crippen molar-refractivity contribution in [3.63, 3.8) is 0 Å². The van der Waals surface area contributed by atoms with Crippen molar-refractivity contribution in [3.8, 4) is 0 Å². The fraction of sp³-hybridized carbons (Fsp3) is 0.917. The van der Waals surface area contributed by atoms with E-state index in [1.165, 1.54) is 4.90 Å². The fourth-order valence-electron chi connectivity index (χ4n) is 2.07. The molecule has 0 aliphatic carbocycles. The normalized spacial score (nSPS) is 21.7. The lowest BCUT2D eigenvalue weighted by Gasteiger charge is -2.40. The molecule has 0 aromatic rings. The van der Waals surface area contributed by atoms with Crippen LogP contribution in [0, 0.1) is 5.92 Å². The molecular weight excluding hydrogens is 268 g/mol. The van der Waals surface area contributed by atoms with Crippen molar-refractivity contribution < 1.29 is 17.9 Å². The number of ether oxygens (including phenoxy) is 1. The summed E-state index contributed by atoms with van der Waals surface area (Å²) in [5.74, 6) is 0.466. The van der Waals surface area contributed by atoms with E-state index in [0.29, 0.717) is 0 Å². The van der Waals surface area contributed by atoms with E-state index >= 15 is 0 Å². The SMILES string of the molecule is CC(C)(C)OC(=O)N1CC(S(=O)(=O)CC2CNC2)C1. The molecule has 110 valence electrons. The average Bonchev–Trinajstić information content (AvgIpc) is 2.05. The molecule has 2 aliphatic heterocycles. The molecule has 0 radical (unpaired) electrons. The van der Waals surface area contributed by atoms with Crippen molar-refractivity contribution in [2.45, 2.75) is 31.6 Å². The number of carbonyl (C=O) groups is 1. The van der Waals surface area contributed by atoms with Crippen LogP contribution in [0.2, 0.25) is 0 Å². The minimum absolute atomic E-state index is 0.229. The van der Waals surface area contributed by atoms with Crippen LogP contribution in [0.4, 0.5) is 4.79 Å². The van der Waals surface area contributed by atoms with E-state index in [1.54, 1.807) is 20.8 Å². The highest BCUT2D eigenvalue weighted by atomic mass is 32.2. The molecule has 2 heterocycles. The molecule has 0 aromatic carbocycles. The van der Waals surface area contributed by atoms with Gasteiger partial charge in [0.05, 0.1) is 11.0 Å². The number of likely N-dealkylation sites (tertiary alicyclic amines) is 1. The molecule has 0 bridgehead atoms. The van der Waals surface area contributed by atoms with Crippen molar-refractivity contribution in [1.29, 1.82) is 0 Å². The lowest BCUT2D eigenvalue weighted by molar-refractivity contribution is 0.0139. The first-order valence-electron chi connectivity index (χ1n) is 6.57. The second-order valence-electron chi connectivity index (χ2n) is 6.36. The Morgan fingerprint density at radius 1 is 1.32 bits per heavy atom. The van der Waals surface area contributed by atoms with E-state index in [-0.39, 0.29) is 24.8 Å². The highest BCUT2D eigenvalue weighted by Gasteiger charge is 2.42. The highest BCUT2D eigenvalue weighted by Crippen LogP contribution is 2.22. The summed E-state index contributed by atoms with van der Waals surface area (Å²) in [5, 5.41) is 2.65. The van der Waals surface area contributed by atoms with Gasteiger partial charge in [0.15, 0.2) is 9.84 Å². The second-order valence-corrected chi connectivity index (χ2v) is 8.69. The molecular formula is C12H22N2O4S. The van der Waals surface area contributed by atoms with E-state index in [2.05, 4.69) is 5.32 Å². The maximum Gasteiger partial charge on any atom is 0.410 e. The van der Waals surface area contributed by atoms with Crippen LogP contribution in [0.1, 0.15) is 20.8 Å². The Hall–Kier alpha value is -0.820. The van der Waals surface area contributed by atoms with Gasteiger partial charge in [0.25, 0.3) is 0 Å². The summed E-state index contributed by atoms with van der Waals surface area (Å²) in [4.78, 5) is 13.2. The van der Waals surface area contributed by atoms with Gasteiger partial charge in [-0.15, -0.1) is 0 Å². The molecule has 0 aromatic heterocycles. The van der Waals surface area contributed by atoms with Crippen LogP contribution in [-0.2, 0) is 14.6 Å². The largest absolute Gasteiger partial charge is 0.444 e. The maximum atomic E-state index is 12.1. The van der Waals surface area contributed by atoms with Gasteiger partial charge in [0, 0.05) is 26.2 Å². The second kappa shape index (κ2) is 4.94. The Labute approximate surface area is 114 Å². The van der Waals surface area contributed by atoms with Crippen LogP contribution in [0.15, 0.2) is 0 Å². The van der Waals surface area contributed by atoms with Crippen LogP contribution in [0.3, 0.4) is 0 Å². The third kappa shape index (κ3) is 3.60. The van der Waals surface area contributed by atoms with Crippen molar-refractivity contribution in [2.24, 2.45) is 5.92 Å². The summed E-state index contributed by atoms with van der Waals surface area (Å²) >= 11 is 0. The molecule has 6 nitrogen and oxygen atoms in total. The van der Waals surface area contributed by atoms with Gasteiger partial charge in [0.1, 0.15) is 5.60 Å². The number of nitrogens with zero attached hydrogens (tertiary/aromatic N) is 1. The van der Waals surface area contributed by atoms with Gasteiger partial charge >= 0.3 is 6.09 Å². The first kappa shape index (κ1) is 14.6. The van der Waals surface area contributed by atoms with Gasteiger partial charge < -0.3 is 15.0 Å². The lowest BCUT2D eigenvalue weighted by atomic mass is 10.1. The molecule has 1 amide bonds. The monoisotopic (exact) mass is 290 g/mol. The minimum atomic E-state index is -3.08. The fourth-order valence-corrected chi connectivity index (χ4v) is 4.05. The van der Waals surface area contributed by atoms with Crippen LogP contribution < -0.4 is 5.32 Å². The van der Waals surface area contributed by atoms with Gasteiger partial charge in [0.2, 0.25) is 0 Å². The number of carbonyl (C=O) groups excluding carboxylic acids is 1. The molecule has 0 spiro atoms. The van der Waals surface area contributed by atoms with Crippen molar-refractivity contribution in [3.05, 3.63) is 0 Å². The standard InChI is InChI=1S/C12H22N2O4S/c1-12(2,3)18-11(15)14-6-10(7-14)19(16,17)8-9-4-13-5-9/h9-10,13H,4-8H2,1-3H3. The lowest BCUT2D eigenvalue weighted by Crippen LogP contribution is -2.59. The van der Waals surface area contributed by atoms with E-state index in [9.17, 15) is 13.2 Å². The van der Waals surface area contributed by atoms with E-state index < -0.39 is 26.8 Å². The molecule has 0 saturated carbocycles. The summed E-state index contributed by atoms with van der Waals surface area (Å²) in [7, 11) is -3.08. The molecule has 2 fully saturated rings. The Bertz CT molecular complexity index is 445. The van der Waals surface area contributed by atoms with Gasteiger partial charge in [-0.1, -0.05) is 0 Å². The third-order valence-electron chi connectivity index (χ3n) is 3.34. The average molecular weight is 290 g/mol. The van der Waals surface area contributed by atoms with Crippen LogP contribution >= 0.6 is 0 Å². The Morgan fingerprint density at radius 2 is 1.89 bits per heavy atom. The topological polar surface area (TPSA) is 75.7 Å². The summed E-state index contributed by atoms with van der Waals surface area (Å²) in [6, 6.07) is 0. The number of hydrogen-bond donors (Lipinski definition) is 1. The van der Waals surface area contributed by atoms with E-state index in [4.69, 9.17) is 4.74 Å². The number of rotatable bonds is 3. The molecule has 7 heteroatoms. The van der Waals surface area contributed by atoms with Gasteiger partial charge in [-0.3, -0.25) is 0 Å². The number of hydrogen-bond acceptors (Lipinski definition) is 5. The van der Waals surface area contributed by atoms with Gasteiger partial charge in [-0.2, -0.15) is 0 Å². The highest BCUT2D eigenvalue weighted by molar-refractivity contribution is 7.92. The van der Waals surface area contributed by atoms with Crippen LogP contribution in [0.5, 0.6) is 0 Å². The molecule has 19 heavy (non-hydrogen) atoms. The number of sulfone groups is 1. The number of amides is 1. The zero-order valence-electron chi connectivity index (χ0n) is 11.7. The Morgan fingerprint density at radius 3 is 2.32 bits per heavy atom. The number of nitrogens with one attached hydrogen (secondary N) is 1. The Balaban J connectivity index is 1.80. The molecule has 0 unspecified atom stereocenters. The zero-order chi connectivity index (χ0) is 14.3. The predicted octanol–water partition coefficient (Wildman–Crippen LogP) is 0.240. The summed E-state index contributed by atoms with van der Waals surface area (Å²) in [5.41, 5.74) is -0.543. The maximum absolute atomic E-state index is 12.1. The van der Waals surface area contributed by atoms with Crippen molar-refractivity contribution in [1.82, 2.24) is 10.2 Å². The Kier molecular flexibility index (Phi) is 3.79. The van der Waals surface area contributed by atoms with Crippen molar-refractivity contribution in [2.75, 3.05) is 31.9 Å². The third-order valence-corrected chi connectivity index (χ3v) is 5.59. The van der Waals surface area contributed by atoms with Gasteiger partial charge in [-0.05, 0) is 26.7 Å². The summed E-state index contributed by atoms with van der Waals surface area (Å²) < 4.78 is 29.3. The van der Waals surface area contributed by atoms with E-state index in [1.807, 2.05) is 0 Å². The van der Waals surface area contributed by atoms with E-state index in [0.717, 1.165) is 13.1 Å². The molecule has 2 rings (SSSR count). The molecule has 2 saturated heterocycles. The predicted molar refractivity (Wildman–Crippen MR) is 71.7 cm³/mol. The summed E-state index contributed by atoms with van der Waals surface area (Å²) in [6.45, 7) is 7.46. The quantitative estimate of drug-likeness (QED) is 0.806. The molecule has 1 N–H and O–H groups in total. The first-order chi connectivity index (χ1) is 8.67. The minimum Gasteiger partial charge on any atom is -0.444 e. The van der Waals surface area contributed by atoms with Crippen LogP contribution in [0.25, 0.3) is 0 Å². The molecule has 0 atom stereocenters. The first-order valence-corrected chi connectivity index (χ1v) is 8.29. The smallest absolute Gasteiger partial charge is 0.410 e.